The minimum Gasteiger partial charge on any atom is -0.366 e. The normalized spacial score (nSPS) is 9.30. The van der Waals surface area contributed by atoms with Gasteiger partial charge in [-0.2, -0.15) is 0 Å². The van der Waals surface area contributed by atoms with Crippen LogP contribution in [0.5, 0.6) is 0 Å². The van der Waals surface area contributed by atoms with E-state index >= 15 is 0 Å². The lowest BCUT2D eigenvalue weighted by molar-refractivity contribution is 0.0999. The van der Waals surface area contributed by atoms with Gasteiger partial charge in [-0.05, 0) is 19.1 Å². The maximum atomic E-state index is 10.6. The minimum absolute atomic E-state index is 0.445. The highest BCUT2D eigenvalue weighted by atomic mass is 16.1. The Bertz CT molecular complexity index is 258. The predicted octanol–water partition coefficient (Wildman–Crippen LogP) is 0.289. The number of primary amides is 1. The van der Waals surface area contributed by atoms with E-state index in [2.05, 4.69) is 11.2 Å². The Balaban J connectivity index is 3.15. The second kappa shape index (κ2) is 2.47. The van der Waals surface area contributed by atoms with Gasteiger partial charge in [-0.25, -0.2) is 0 Å². The number of hydrogen-bond donors (Lipinski definition) is 1. The first-order valence-electron chi connectivity index (χ1n) is 2.85. The number of hydrogen-bond acceptors (Lipinski definition) is 2. The molecule has 0 saturated carbocycles. The molecule has 0 atom stereocenters. The van der Waals surface area contributed by atoms with E-state index in [0.29, 0.717) is 11.3 Å². The predicted molar refractivity (Wildman–Crippen MR) is 36.3 cm³/mol. The molecule has 0 aliphatic rings. The van der Waals surface area contributed by atoms with Crippen LogP contribution in [0.1, 0.15) is 16.1 Å². The van der Waals surface area contributed by atoms with E-state index in [1.54, 1.807) is 19.1 Å². The summed E-state index contributed by atoms with van der Waals surface area (Å²) < 4.78 is 0. The molecule has 3 nitrogen and oxygen atoms in total. The molecule has 1 rings (SSSR count). The van der Waals surface area contributed by atoms with Crippen molar-refractivity contribution in [1.29, 1.82) is 0 Å². The number of carbonyl (C=O) groups excluding carboxylic acids is 1. The number of amides is 1. The third kappa shape index (κ3) is 1.13. The zero-order chi connectivity index (χ0) is 7.56. The largest absolute Gasteiger partial charge is 0.366 e. The van der Waals surface area contributed by atoms with Gasteiger partial charge in [-0.15, -0.1) is 0 Å². The molecule has 1 radical (unpaired) electrons. The number of rotatable bonds is 1. The fourth-order valence-electron chi connectivity index (χ4n) is 0.696. The van der Waals surface area contributed by atoms with Crippen molar-refractivity contribution in [1.82, 2.24) is 4.98 Å². The van der Waals surface area contributed by atoms with Crippen molar-refractivity contribution in [3.63, 3.8) is 0 Å². The summed E-state index contributed by atoms with van der Waals surface area (Å²) in [5, 5.41) is 0. The maximum Gasteiger partial charge on any atom is 0.250 e. The first-order valence-corrected chi connectivity index (χ1v) is 2.85. The molecule has 1 heterocycles. The van der Waals surface area contributed by atoms with E-state index in [0.717, 1.165) is 0 Å². The fourth-order valence-corrected chi connectivity index (χ4v) is 0.696. The van der Waals surface area contributed by atoms with E-state index in [9.17, 15) is 4.79 Å². The molecule has 0 spiro atoms. The van der Waals surface area contributed by atoms with Crippen molar-refractivity contribution in [3.05, 3.63) is 29.6 Å². The van der Waals surface area contributed by atoms with E-state index in [-0.39, 0.29) is 0 Å². The molecule has 1 amide bonds. The monoisotopic (exact) mass is 135 g/mol. The molecular weight excluding hydrogens is 128 g/mol. The summed E-state index contributed by atoms with van der Waals surface area (Å²) in [6.07, 6.45) is 2.60. The Hall–Kier alpha value is -1.38. The summed E-state index contributed by atoms with van der Waals surface area (Å²) in [4.78, 5) is 14.4. The number of pyridine rings is 1. The molecule has 1 aromatic heterocycles. The summed E-state index contributed by atoms with van der Waals surface area (Å²) >= 11 is 0. The zero-order valence-corrected chi connectivity index (χ0v) is 5.59. The Kier molecular flexibility index (Phi) is 1.67. The van der Waals surface area contributed by atoms with Gasteiger partial charge < -0.3 is 5.73 Å². The molecule has 2 N–H and O–H groups in total. The van der Waals surface area contributed by atoms with Crippen LogP contribution in [0.4, 0.5) is 0 Å². The Labute approximate surface area is 58.9 Å². The Morgan fingerprint density at radius 2 is 2.50 bits per heavy atom. The molecule has 10 heavy (non-hydrogen) atoms. The quantitative estimate of drug-likeness (QED) is 0.601. The molecule has 0 saturated heterocycles. The van der Waals surface area contributed by atoms with E-state index in [1.807, 2.05) is 0 Å². The zero-order valence-electron chi connectivity index (χ0n) is 5.59. The summed E-state index contributed by atoms with van der Waals surface area (Å²) in [6, 6.07) is 3.16. The van der Waals surface area contributed by atoms with E-state index in [1.165, 1.54) is 0 Å². The van der Waals surface area contributed by atoms with Crippen molar-refractivity contribution in [3.8, 4) is 0 Å². The summed E-state index contributed by atoms with van der Waals surface area (Å²) in [5.74, 6) is -0.445. The van der Waals surface area contributed by atoms with Crippen molar-refractivity contribution >= 4 is 5.91 Å². The number of aryl methyl sites for hydroxylation is 1. The Morgan fingerprint density at radius 1 is 1.80 bits per heavy atom. The van der Waals surface area contributed by atoms with Crippen LogP contribution in [0.25, 0.3) is 0 Å². The van der Waals surface area contributed by atoms with Gasteiger partial charge in [0, 0.05) is 0 Å². The lowest BCUT2D eigenvalue weighted by Gasteiger charge is -1.95. The van der Waals surface area contributed by atoms with Crippen LogP contribution < -0.4 is 5.73 Å². The standard InChI is InChI=1S/C7H7N2O/c1-5-6(7(8)10)3-2-4-9-5/h2-3H,1H3,(H2,8,10). The Morgan fingerprint density at radius 3 is 2.90 bits per heavy atom. The third-order valence-electron chi connectivity index (χ3n) is 1.21. The molecule has 0 bridgehead atoms. The summed E-state index contributed by atoms with van der Waals surface area (Å²) in [6.45, 7) is 1.72. The van der Waals surface area contributed by atoms with Gasteiger partial charge in [0.2, 0.25) is 0 Å². The average molecular weight is 135 g/mol. The number of nitrogens with zero attached hydrogens (tertiary/aromatic N) is 1. The van der Waals surface area contributed by atoms with Gasteiger partial charge in [0.25, 0.3) is 5.91 Å². The van der Waals surface area contributed by atoms with E-state index in [4.69, 9.17) is 5.73 Å². The van der Waals surface area contributed by atoms with Gasteiger partial charge >= 0.3 is 0 Å². The van der Waals surface area contributed by atoms with Crippen LogP contribution in [0, 0.1) is 13.1 Å². The molecule has 0 aliphatic heterocycles. The second-order valence-electron chi connectivity index (χ2n) is 1.94. The first kappa shape index (κ1) is 6.74. The van der Waals surface area contributed by atoms with Crippen LogP contribution >= 0.6 is 0 Å². The van der Waals surface area contributed by atoms with Crippen LogP contribution in [0.15, 0.2) is 12.1 Å². The molecule has 1 aromatic rings. The highest BCUT2D eigenvalue weighted by Gasteiger charge is 2.02. The fraction of sp³-hybridized carbons (Fsp3) is 0.143. The smallest absolute Gasteiger partial charge is 0.250 e. The molecular formula is C7H7N2O. The van der Waals surface area contributed by atoms with E-state index < -0.39 is 5.91 Å². The first-order chi connectivity index (χ1) is 4.72. The van der Waals surface area contributed by atoms with Gasteiger partial charge in [-0.3, -0.25) is 9.78 Å². The van der Waals surface area contributed by atoms with Gasteiger partial charge in [0.15, 0.2) is 0 Å². The number of carbonyl (C=O) groups is 1. The minimum atomic E-state index is -0.445. The summed E-state index contributed by atoms with van der Waals surface area (Å²) in [7, 11) is 0. The lowest BCUT2D eigenvalue weighted by atomic mass is 10.2. The molecule has 0 fully saturated rings. The van der Waals surface area contributed by atoms with Crippen molar-refractivity contribution in [2.45, 2.75) is 6.92 Å². The maximum absolute atomic E-state index is 10.6. The van der Waals surface area contributed by atoms with Crippen LogP contribution in [-0.4, -0.2) is 10.9 Å². The van der Waals surface area contributed by atoms with Crippen LogP contribution in [-0.2, 0) is 0 Å². The topological polar surface area (TPSA) is 56.0 Å². The van der Waals surface area contributed by atoms with Crippen LogP contribution in [0.3, 0.4) is 0 Å². The molecule has 0 aromatic carbocycles. The average Bonchev–Trinajstić information content (AvgIpc) is 1.88. The van der Waals surface area contributed by atoms with Crippen molar-refractivity contribution < 1.29 is 4.79 Å². The van der Waals surface area contributed by atoms with Crippen molar-refractivity contribution in [2.24, 2.45) is 5.73 Å². The lowest BCUT2D eigenvalue weighted by Crippen LogP contribution is -2.12. The highest BCUT2D eigenvalue weighted by Crippen LogP contribution is 2.00. The van der Waals surface area contributed by atoms with Gasteiger partial charge in [0.05, 0.1) is 17.5 Å². The third-order valence-corrected chi connectivity index (χ3v) is 1.21. The number of nitrogens with two attached hydrogens (primary N) is 1. The van der Waals surface area contributed by atoms with Gasteiger partial charge in [0.1, 0.15) is 0 Å². The second-order valence-corrected chi connectivity index (χ2v) is 1.94. The molecule has 0 aliphatic carbocycles. The number of aromatic nitrogens is 1. The van der Waals surface area contributed by atoms with Crippen LogP contribution in [0.2, 0.25) is 0 Å². The molecule has 51 valence electrons. The van der Waals surface area contributed by atoms with Crippen molar-refractivity contribution in [2.75, 3.05) is 0 Å². The molecule has 0 unspecified atom stereocenters. The molecule has 3 heteroatoms. The van der Waals surface area contributed by atoms with Gasteiger partial charge in [-0.1, -0.05) is 0 Å². The highest BCUT2D eigenvalue weighted by molar-refractivity contribution is 5.93. The SMILES string of the molecule is Cc1n[c]ccc1C(N)=O. The summed E-state index contributed by atoms with van der Waals surface area (Å²) in [5.41, 5.74) is 6.10.